The van der Waals surface area contributed by atoms with Crippen molar-refractivity contribution in [3.05, 3.63) is 129 Å². The van der Waals surface area contributed by atoms with E-state index in [1.807, 2.05) is 19.1 Å². The lowest BCUT2D eigenvalue weighted by atomic mass is 9.79. The fourth-order valence-electron chi connectivity index (χ4n) is 9.32. The van der Waals surface area contributed by atoms with Crippen molar-refractivity contribution >= 4 is 22.7 Å². The minimum Gasteiger partial charge on any atom is -0.487 e. The first kappa shape index (κ1) is 44.2. The molecule has 2 heterocycles. The van der Waals surface area contributed by atoms with Gasteiger partial charge in [0, 0.05) is 47.5 Å². The predicted octanol–water partition coefficient (Wildman–Crippen LogP) is 14.6. The van der Waals surface area contributed by atoms with Crippen molar-refractivity contribution in [1.82, 2.24) is 0 Å². The smallest absolute Gasteiger partial charge is 0.209 e. The maximum Gasteiger partial charge on any atom is 0.209 e. The van der Waals surface area contributed by atoms with Crippen LogP contribution in [0.1, 0.15) is 147 Å². The number of aryl methyl sites for hydroxylation is 2. The molecule has 0 aromatic heterocycles. The molecule has 0 atom stereocenters. The van der Waals surface area contributed by atoms with Crippen molar-refractivity contribution in [2.45, 2.75) is 144 Å². The lowest BCUT2D eigenvalue weighted by molar-refractivity contribution is -0.438. The number of hydrogen-bond donors (Lipinski definition) is 0. The van der Waals surface area contributed by atoms with Crippen LogP contribution < -0.4 is 9.64 Å². The summed E-state index contributed by atoms with van der Waals surface area (Å²) in [5.41, 5.74) is 9.46. The van der Waals surface area contributed by atoms with Gasteiger partial charge in [0.15, 0.2) is 23.1 Å². The first-order chi connectivity index (χ1) is 28.2. The summed E-state index contributed by atoms with van der Waals surface area (Å²) in [5, 5.41) is 0. The first-order valence-corrected chi connectivity index (χ1v) is 22.2. The molecule has 0 unspecified atom stereocenters. The Morgan fingerprint density at radius 1 is 0.712 bits per heavy atom. The van der Waals surface area contributed by atoms with Gasteiger partial charge in [-0.1, -0.05) is 102 Å². The van der Waals surface area contributed by atoms with Crippen LogP contribution >= 0.6 is 0 Å². The highest BCUT2D eigenvalue weighted by molar-refractivity contribution is 6.03. The number of rotatable bonds is 16. The number of fused-ring (bicyclic) bond motifs is 2. The van der Waals surface area contributed by atoms with Gasteiger partial charge in [0.2, 0.25) is 17.3 Å². The maximum absolute atomic E-state index is 16.6. The number of halogens is 4. The number of unbranched alkanes of at least 4 members (excludes halogenated alkanes) is 5. The summed E-state index contributed by atoms with van der Waals surface area (Å²) in [6.45, 7) is 21.0. The van der Waals surface area contributed by atoms with E-state index in [1.54, 1.807) is 0 Å². The highest BCUT2D eigenvalue weighted by Gasteiger charge is 2.44. The highest BCUT2D eigenvalue weighted by atomic mass is 19.2. The van der Waals surface area contributed by atoms with Gasteiger partial charge in [0.05, 0.1) is 17.6 Å². The van der Waals surface area contributed by atoms with Crippen LogP contribution in [0.4, 0.5) is 28.9 Å². The van der Waals surface area contributed by atoms with E-state index in [4.69, 9.17) is 4.74 Å². The number of hydrogen-bond acceptors (Lipinski definition) is 2. The van der Waals surface area contributed by atoms with Gasteiger partial charge in [-0.2, -0.15) is 13.4 Å². The Morgan fingerprint density at radius 3 is 2.03 bits per heavy atom. The maximum atomic E-state index is 16.6. The molecule has 3 nitrogen and oxygen atoms in total. The fraction of sp³-hybridized carbons (Fsp3) is 0.481. The second-order valence-corrected chi connectivity index (χ2v) is 17.9. The Kier molecular flexibility index (Phi) is 13.8. The van der Waals surface area contributed by atoms with Gasteiger partial charge in [-0.15, -0.1) is 0 Å². The van der Waals surface area contributed by atoms with Crippen LogP contribution in [0, 0.1) is 37.1 Å². The number of benzene rings is 3. The average molecular weight is 810 g/mol. The zero-order chi connectivity index (χ0) is 42.6. The van der Waals surface area contributed by atoms with E-state index in [1.165, 1.54) is 33.6 Å². The van der Waals surface area contributed by atoms with Gasteiger partial charge in [-0.25, -0.2) is 8.78 Å². The third-order valence-corrected chi connectivity index (χ3v) is 12.7. The molecule has 0 fully saturated rings. The first-order valence-electron chi connectivity index (χ1n) is 22.2. The molecule has 0 saturated carbocycles. The Hall–Kier alpha value is -4.39. The summed E-state index contributed by atoms with van der Waals surface area (Å²) in [7, 11) is 0. The van der Waals surface area contributed by atoms with E-state index in [-0.39, 0.29) is 23.0 Å². The minimum absolute atomic E-state index is 0.0461. The Bertz CT molecular complexity index is 2190. The van der Waals surface area contributed by atoms with Crippen LogP contribution in [-0.4, -0.2) is 30.0 Å². The lowest BCUT2D eigenvalue weighted by Crippen LogP contribution is -2.28. The van der Waals surface area contributed by atoms with Crippen LogP contribution in [0.5, 0.6) is 5.75 Å². The molecule has 7 heteroatoms. The van der Waals surface area contributed by atoms with E-state index in [0.29, 0.717) is 43.3 Å². The van der Waals surface area contributed by atoms with Crippen molar-refractivity contribution in [2.24, 2.45) is 0 Å². The van der Waals surface area contributed by atoms with Gasteiger partial charge in [-0.05, 0) is 107 Å². The van der Waals surface area contributed by atoms with Crippen LogP contribution in [0.25, 0.3) is 5.57 Å². The van der Waals surface area contributed by atoms with Gasteiger partial charge in [-0.3, -0.25) is 0 Å². The number of ether oxygens (including phenoxy) is 1. The third kappa shape index (κ3) is 8.63. The topological polar surface area (TPSA) is 15.5 Å². The molecular formula is C52H65F4N2O+. The second-order valence-electron chi connectivity index (χ2n) is 17.9. The van der Waals surface area contributed by atoms with Crippen LogP contribution in [0.2, 0.25) is 0 Å². The zero-order valence-corrected chi connectivity index (χ0v) is 37.0. The third-order valence-electron chi connectivity index (χ3n) is 12.7. The van der Waals surface area contributed by atoms with Crippen molar-refractivity contribution in [1.29, 1.82) is 0 Å². The molecule has 3 aliphatic rings. The van der Waals surface area contributed by atoms with Gasteiger partial charge >= 0.3 is 0 Å². The molecule has 2 aliphatic heterocycles. The van der Waals surface area contributed by atoms with Crippen LogP contribution in [0.15, 0.2) is 77.5 Å². The number of anilines is 1. The number of nitrogens with zero attached hydrogens (tertiary/aromatic N) is 2. The lowest BCUT2D eigenvalue weighted by Gasteiger charge is -2.28. The highest BCUT2D eigenvalue weighted by Crippen LogP contribution is 2.49. The molecule has 0 N–H and O–H groups in total. The van der Waals surface area contributed by atoms with Crippen molar-refractivity contribution in [3.8, 4) is 5.75 Å². The van der Waals surface area contributed by atoms with E-state index in [0.717, 1.165) is 63.0 Å². The number of allylic oxidation sites excluding steroid dienone is 8. The summed E-state index contributed by atoms with van der Waals surface area (Å²) in [6, 6.07) is 13.2. The quantitative estimate of drug-likeness (QED) is 0.0620. The molecular weight excluding hydrogens is 745 g/mol. The van der Waals surface area contributed by atoms with Gasteiger partial charge < -0.3 is 9.64 Å². The Labute approximate surface area is 351 Å². The summed E-state index contributed by atoms with van der Waals surface area (Å²) in [4.78, 5) is 2.38. The SMILES string of the molecule is CCCCCN1C(=CC=C2CCCC(C=CC3=[N+](CCCCC)c4ccc(C)cc4C3(C)C)=C2c2c(F)c(F)c(OCCCC)c(F)c2F)C(C)(C)c2cc(C)ccc21. The summed E-state index contributed by atoms with van der Waals surface area (Å²) < 4.78 is 72.8. The standard InChI is InChI=1S/C52H65F4N2O/c1-10-13-16-29-57-40-25-21-34(4)32-38(40)51(6,7)42(57)27-23-36-19-18-20-37(44(36)45-46(53)48(55)50(49(56)47(45)54)59-31-15-12-3)24-28-43-52(8,9)39-33-35(5)22-26-41(39)58(43)30-17-14-11-2/h21-28,32-33H,10-20,29-31H2,1-9H3/q+1. The van der Waals surface area contributed by atoms with E-state index >= 15 is 17.6 Å². The van der Waals surface area contributed by atoms with Crippen molar-refractivity contribution in [2.75, 3.05) is 24.6 Å². The molecule has 59 heavy (non-hydrogen) atoms. The van der Waals surface area contributed by atoms with Crippen LogP contribution in [-0.2, 0) is 10.8 Å². The molecule has 0 radical (unpaired) electrons. The molecule has 1 aliphatic carbocycles. The normalized spacial score (nSPS) is 18.6. The second kappa shape index (κ2) is 18.5. The molecule has 3 aromatic carbocycles. The molecule has 0 spiro atoms. The zero-order valence-electron chi connectivity index (χ0n) is 37.0. The van der Waals surface area contributed by atoms with Crippen molar-refractivity contribution in [3.63, 3.8) is 0 Å². The molecule has 0 bridgehead atoms. The van der Waals surface area contributed by atoms with Gasteiger partial charge in [0.25, 0.3) is 0 Å². The largest absolute Gasteiger partial charge is 0.487 e. The molecule has 0 saturated heterocycles. The molecule has 0 amide bonds. The summed E-state index contributed by atoms with van der Waals surface area (Å²) in [5.74, 6) is -6.86. The molecule has 3 aromatic rings. The molecule has 316 valence electrons. The summed E-state index contributed by atoms with van der Waals surface area (Å²) in [6.07, 6.45) is 17.4. The molecule has 6 rings (SSSR count). The Morgan fingerprint density at radius 2 is 1.36 bits per heavy atom. The Balaban J connectivity index is 1.56. The van der Waals surface area contributed by atoms with Crippen molar-refractivity contribution < 1.29 is 26.9 Å². The summed E-state index contributed by atoms with van der Waals surface area (Å²) >= 11 is 0. The van der Waals surface area contributed by atoms with E-state index < -0.39 is 34.6 Å². The predicted molar refractivity (Wildman–Crippen MR) is 237 cm³/mol. The monoisotopic (exact) mass is 810 g/mol. The van der Waals surface area contributed by atoms with E-state index in [9.17, 15) is 0 Å². The van der Waals surface area contributed by atoms with E-state index in [2.05, 4.69) is 113 Å². The minimum atomic E-state index is -1.50. The average Bonchev–Trinajstić information content (AvgIpc) is 3.54. The fourth-order valence-corrected chi connectivity index (χ4v) is 9.32. The van der Waals surface area contributed by atoms with Gasteiger partial charge in [0.1, 0.15) is 6.54 Å². The van der Waals surface area contributed by atoms with Crippen LogP contribution in [0.3, 0.4) is 0 Å².